The Bertz CT molecular complexity index is 1060. The molecule has 2 aromatic rings. The van der Waals surface area contributed by atoms with Crippen LogP contribution in [0.3, 0.4) is 0 Å². The van der Waals surface area contributed by atoms with Crippen molar-refractivity contribution in [2.75, 3.05) is 20.8 Å². The first-order valence-electron chi connectivity index (χ1n) is 10.2. The van der Waals surface area contributed by atoms with Crippen LogP contribution in [0.15, 0.2) is 60.7 Å². The minimum atomic E-state index is -1.56. The summed E-state index contributed by atoms with van der Waals surface area (Å²) >= 11 is 0. The van der Waals surface area contributed by atoms with Crippen LogP contribution in [0.5, 0.6) is 0 Å². The second-order valence-corrected chi connectivity index (χ2v) is 7.25. The van der Waals surface area contributed by atoms with Gasteiger partial charge in [-0.1, -0.05) is 54.5 Å². The quantitative estimate of drug-likeness (QED) is 0.277. The predicted molar refractivity (Wildman–Crippen MR) is 117 cm³/mol. The van der Waals surface area contributed by atoms with Crippen molar-refractivity contribution in [3.63, 3.8) is 0 Å². The van der Waals surface area contributed by atoms with Crippen molar-refractivity contribution in [2.45, 2.75) is 18.5 Å². The van der Waals surface area contributed by atoms with E-state index in [-0.39, 0.29) is 6.61 Å². The van der Waals surface area contributed by atoms with Crippen LogP contribution in [0.2, 0.25) is 0 Å². The third-order valence-electron chi connectivity index (χ3n) is 5.26. The fraction of sp³-hybridized carbons (Fsp3) is 0.280. The Morgan fingerprint density at radius 3 is 2.15 bits per heavy atom. The number of carbonyl (C=O) groups excluding carboxylic acids is 4. The van der Waals surface area contributed by atoms with E-state index in [1.807, 2.05) is 12.1 Å². The molecule has 2 atom stereocenters. The number of ketones is 1. The van der Waals surface area contributed by atoms with Crippen LogP contribution in [-0.4, -0.2) is 55.6 Å². The number of esters is 2. The highest BCUT2D eigenvalue weighted by atomic mass is 16.6. The Morgan fingerprint density at radius 2 is 1.58 bits per heavy atom. The Balaban J connectivity index is 1.99. The van der Waals surface area contributed by atoms with Gasteiger partial charge in [0.2, 0.25) is 5.78 Å². The first-order valence-corrected chi connectivity index (χ1v) is 10.2. The van der Waals surface area contributed by atoms with Gasteiger partial charge in [0.05, 0.1) is 26.3 Å². The Hall–Kier alpha value is -4.12. The molecule has 0 spiro atoms. The van der Waals surface area contributed by atoms with Gasteiger partial charge >= 0.3 is 18.0 Å². The number of rotatable bonds is 7. The second kappa shape index (κ2) is 11.0. The van der Waals surface area contributed by atoms with Crippen LogP contribution in [0.4, 0.5) is 4.79 Å². The first-order chi connectivity index (χ1) is 16.0. The van der Waals surface area contributed by atoms with Crippen LogP contribution in [0.25, 0.3) is 0 Å². The molecule has 0 aliphatic carbocycles. The molecule has 0 saturated carbocycles. The Kier molecular flexibility index (Phi) is 7.82. The molecule has 0 bridgehead atoms. The number of methoxy groups -OCH3 is 2. The van der Waals surface area contributed by atoms with E-state index in [4.69, 9.17) is 14.2 Å². The summed E-state index contributed by atoms with van der Waals surface area (Å²) in [5, 5.41) is 0. The monoisotopic (exact) mass is 449 g/mol. The van der Waals surface area contributed by atoms with E-state index in [9.17, 15) is 19.2 Å². The Morgan fingerprint density at radius 1 is 1.00 bits per heavy atom. The average molecular weight is 449 g/mol. The van der Waals surface area contributed by atoms with Gasteiger partial charge in [0, 0.05) is 12.0 Å². The molecule has 1 aliphatic heterocycles. The zero-order valence-corrected chi connectivity index (χ0v) is 18.2. The van der Waals surface area contributed by atoms with Crippen LogP contribution in [-0.2, 0) is 28.6 Å². The molecule has 1 fully saturated rings. The number of cyclic esters (lactones) is 1. The molecule has 33 heavy (non-hydrogen) atoms. The van der Waals surface area contributed by atoms with Crippen LogP contribution in [0.1, 0.15) is 23.6 Å². The van der Waals surface area contributed by atoms with Crippen molar-refractivity contribution in [3.05, 3.63) is 71.8 Å². The number of hydrogen-bond acceptors (Lipinski definition) is 7. The molecule has 1 saturated heterocycles. The van der Waals surface area contributed by atoms with E-state index in [1.165, 1.54) is 4.90 Å². The summed E-state index contributed by atoms with van der Waals surface area (Å²) in [6.45, 7) is -0.00169. The van der Waals surface area contributed by atoms with Crippen molar-refractivity contribution in [1.82, 2.24) is 4.90 Å². The average Bonchev–Trinajstić information content (AvgIpc) is 3.24. The number of amides is 1. The van der Waals surface area contributed by atoms with Gasteiger partial charge in [0.25, 0.3) is 0 Å². The zero-order chi connectivity index (χ0) is 23.8. The van der Waals surface area contributed by atoms with Gasteiger partial charge in [0.15, 0.2) is 5.92 Å². The summed E-state index contributed by atoms with van der Waals surface area (Å²) in [4.78, 5) is 51.9. The van der Waals surface area contributed by atoms with Gasteiger partial charge in [-0.3, -0.25) is 19.3 Å². The van der Waals surface area contributed by atoms with E-state index in [2.05, 4.69) is 11.8 Å². The molecular weight excluding hydrogens is 426 g/mol. The van der Waals surface area contributed by atoms with Crippen LogP contribution >= 0.6 is 0 Å². The third kappa shape index (κ3) is 5.57. The van der Waals surface area contributed by atoms with Crippen molar-refractivity contribution < 1.29 is 33.4 Å². The highest BCUT2D eigenvalue weighted by Gasteiger charge is 2.48. The smallest absolute Gasteiger partial charge is 0.410 e. The van der Waals surface area contributed by atoms with Crippen LogP contribution < -0.4 is 0 Å². The summed E-state index contributed by atoms with van der Waals surface area (Å²) in [6.07, 6.45) is -1.15. The minimum absolute atomic E-state index is 0.00169. The van der Waals surface area contributed by atoms with Crippen molar-refractivity contribution in [2.24, 2.45) is 5.92 Å². The first kappa shape index (κ1) is 23.5. The summed E-state index contributed by atoms with van der Waals surface area (Å²) in [6, 6.07) is 16.0. The third-order valence-corrected chi connectivity index (χ3v) is 5.26. The van der Waals surface area contributed by atoms with E-state index in [0.29, 0.717) is 5.56 Å². The summed E-state index contributed by atoms with van der Waals surface area (Å²) in [7, 11) is 2.23. The molecule has 8 heteroatoms. The van der Waals surface area contributed by atoms with E-state index < -0.39 is 48.2 Å². The molecular formula is C25H23NO7. The molecule has 0 N–H and O–H groups in total. The minimum Gasteiger partial charge on any atom is -0.468 e. The van der Waals surface area contributed by atoms with Gasteiger partial charge in [-0.15, -0.1) is 0 Å². The molecule has 8 nitrogen and oxygen atoms in total. The van der Waals surface area contributed by atoms with E-state index in [0.717, 1.165) is 19.8 Å². The Labute approximate surface area is 191 Å². The molecule has 170 valence electrons. The summed E-state index contributed by atoms with van der Waals surface area (Å²) in [5.41, 5.74) is 1.35. The molecule has 1 amide bonds. The van der Waals surface area contributed by atoms with E-state index >= 15 is 0 Å². The number of benzene rings is 2. The lowest BCUT2D eigenvalue weighted by Gasteiger charge is -2.33. The molecule has 0 radical (unpaired) electrons. The van der Waals surface area contributed by atoms with Gasteiger partial charge in [-0.25, -0.2) is 4.79 Å². The number of ether oxygens (including phenoxy) is 3. The van der Waals surface area contributed by atoms with Crippen LogP contribution in [0, 0.1) is 17.8 Å². The molecule has 3 rings (SSSR count). The predicted octanol–water partition coefficient (Wildman–Crippen LogP) is 2.52. The largest absolute Gasteiger partial charge is 0.468 e. The van der Waals surface area contributed by atoms with Crippen molar-refractivity contribution in [1.29, 1.82) is 0 Å². The summed E-state index contributed by atoms with van der Waals surface area (Å²) < 4.78 is 14.8. The highest BCUT2D eigenvalue weighted by Crippen LogP contribution is 2.34. The lowest BCUT2D eigenvalue weighted by Crippen LogP contribution is -2.50. The number of Topliss-reactive ketones (excluding diaryl/α,β-unsaturated/α-hetero) is 1. The number of carbonyl (C=O) groups is 4. The van der Waals surface area contributed by atoms with Gasteiger partial charge in [-0.2, -0.15) is 0 Å². The van der Waals surface area contributed by atoms with Crippen molar-refractivity contribution >= 4 is 23.8 Å². The lowest BCUT2D eigenvalue weighted by molar-refractivity contribution is -0.162. The maximum atomic E-state index is 12.8. The number of nitrogens with zero attached hydrogens (tertiary/aromatic N) is 1. The second-order valence-electron chi connectivity index (χ2n) is 7.25. The molecule has 0 aromatic heterocycles. The zero-order valence-electron chi connectivity index (χ0n) is 18.2. The maximum absolute atomic E-state index is 12.8. The normalized spacial score (nSPS) is 15.8. The van der Waals surface area contributed by atoms with Gasteiger partial charge in [-0.05, 0) is 23.6 Å². The van der Waals surface area contributed by atoms with Gasteiger partial charge in [0.1, 0.15) is 6.61 Å². The molecule has 1 heterocycles. The number of hydrogen-bond donors (Lipinski definition) is 0. The maximum Gasteiger partial charge on any atom is 0.410 e. The van der Waals surface area contributed by atoms with Gasteiger partial charge < -0.3 is 14.2 Å². The van der Waals surface area contributed by atoms with E-state index in [1.54, 1.807) is 48.5 Å². The standard InChI is InChI=1S/C25H23NO7/c1-31-23(28)22(24(29)32-2)20(15-19(27)14-13-17-9-5-3-6-10-17)26-21(16-33-25(26)30)18-11-7-4-8-12-18/h3-12,20-22H,15-16H2,1-2H3/t20-,21+/m0/s1. The SMILES string of the molecule is COC(=O)C(C(=O)OC)[C@H](CC(=O)C#Cc1ccccc1)N1C(=O)OC[C@@H]1c1ccccc1. The summed E-state index contributed by atoms with van der Waals surface area (Å²) in [5.74, 6) is 1.30. The lowest BCUT2D eigenvalue weighted by atomic mass is 9.91. The highest BCUT2D eigenvalue weighted by molar-refractivity contribution is 6.00. The molecule has 2 aromatic carbocycles. The molecule has 1 aliphatic rings. The fourth-order valence-electron chi connectivity index (χ4n) is 3.68. The fourth-order valence-corrected chi connectivity index (χ4v) is 3.68. The topological polar surface area (TPSA) is 99.2 Å². The van der Waals surface area contributed by atoms with Crippen molar-refractivity contribution in [3.8, 4) is 11.8 Å². The molecule has 0 unspecified atom stereocenters.